The van der Waals surface area contributed by atoms with Crippen molar-refractivity contribution in [3.8, 4) is 0 Å². The predicted octanol–water partition coefficient (Wildman–Crippen LogP) is 5.03. The van der Waals surface area contributed by atoms with E-state index in [4.69, 9.17) is 9.47 Å². The molecular weight excluding hydrogens is 318 g/mol. The van der Waals surface area contributed by atoms with Crippen molar-refractivity contribution in [2.45, 2.75) is 52.7 Å². The summed E-state index contributed by atoms with van der Waals surface area (Å²) < 4.78 is 10.6. The molecule has 0 atom stereocenters. The average molecular weight is 345 g/mol. The number of imide groups is 1. The zero-order valence-electron chi connectivity index (χ0n) is 15.8. The van der Waals surface area contributed by atoms with Crippen LogP contribution in [0.15, 0.2) is 42.1 Å². The van der Waals surface area contributed by atoms with E-state index in [2.05, 4.69) is 5.73 Å². The van der Waals surface area contributed by atoms with E-state index in [1.54, 1.807) is 53.7 Å². The molecule has 0 fully saturated rings. The van der Waals surface area contributed by atoms with Gasteiger partial charge in [-0.2, -0.15) is 0 Å². The SMILES string of the molecule is CC(C)(C)OC(=O)N(CC=C=Cc1ccccc1)C(=O)OC(C)(C)C. The minimum atomic E-state index is -0.750. The van der Waals surface area contributed by atoms with Crippen LogP contribution in [0.1, 0.15) is 47.1 Å². The van der Waals surface area contributed by atoms with E-state index in [-0.39, 0.29) is 6.54 Å². The number of carbonyl (C=O) groups excluding carboxylic acids is 2. The highest BCUT2D eigenvalue weighted by molar-refractivity contribution is 5.88. The molecule has 0 saturated heterocycles. The maximum Gasteiger partial charge on any atom is 0.420 e. The van der Waals surface area contributed by atoms with E-state index in [1.807, 2.05) is 30.3 Å². The summed E-state index contributed by atoms with van der Waals surface area (Å²) in [4.78, 5) is 25.5. The Labute approximate surface area is 149 Å². The van der Waals surface area contributed by atoms with E-state index < -0.39 is 23.4 Å². The minimum absolute atomic E-state index is 0.00710. The summed E-state index contributed by atoms with van der Waals surface area (Å²) in [6.07, 6.45) is 1.85. The molecule has 25 heavy (non-hydrogen) atoms. The number of carbonyl (C=O) groups is 2. The van der Waals surface area contributed by atoms with Gasteiger partial charge in [-0.25, -0.2) is 14.5 Å². The molecule has 0 aliphatic rings. The Kier molecular flexibility index (Phi) is 7.01. The minimum Gasteiger partial charge on any atom is -0.443 e. The molecular formula is C20H27NO4. The summed E-state index contributed by atoms with van der Waals surface area (Å²) in [5.41, 5.74) is 2.52. The number of hydrogen-bond acceptors (Lipinski definition) is 4. The van der Waals surface area contributed by atoms with Crippen molar-refractivity contribution in [1.82, 2.24) is 4.90 Å². The van der Waals surface area contributed by atoms with Crippen LogP contribution < -0.4 is 0 Å². The third-order valence-electron chi connectivity index (χ3n) is 2.67. The average Bonchev–Trinajstić information content (AvgIpc) is 2.44. The first-order chi connectivity index (χ1) is 11.5. The molecule has 0 aromatic heterocycles. The van der Waals surface area contributed by atoms with E-state index in [0.717, 1.165) is 10.5 Å². The lowest BCUT2D eigenvalue weighted by Crippen LogP contribution is -2.43. The summed E-state index contributed by atoms with van der Waals surface area (Å²) in [6.45, 7) is 10.4. The first-order valence-corrected chi connectivity index (χ1v) is 8.17. The van der Waals surface area contributed by atoms with Crippen LogP contribution in [0.4, 0.5) is 9.59 Å². The van der Waals surface area contributed by atoms with Crippen molar-refractivity contribution >= 4 is 18.3 Å². The van der Waals surface area contributed by atoms with E-state index in [9.17, 15) is 9.59 Å². The van der Waals surface area contributed by atoms with Crippen LogP contribution in [0.2, 0.25) is 0 Å². The van der Waals surface area contributed by atoms with Crippen LogP contribution in [-0.4, -0.2) is 34.8 Å². The summed E-state index contributed by atoms with van der Waals surface area (Å²) in [7, 11) is 0. The molecule has 0 N–H and O–H groups in total. The lowest BCUT2D eigenvalue weighted by Gasteiger charge is -2.27. The zero-order chi connectivity index (χ0) is 19.1. The van der Waals surface area contributed by atoms with Gasteiger partial charge in [-0.1, -0.05) is 30.3 Å². The number of ether oxygens (including phenoxy) is 2. The van der Waals surface area contributed by atoms with Crippen molar-refractivity contribution in [2.75, 3.05) is 6.54 Å². The fraction of sp³-hybridized carbons (Fsp3) is 0.450. The molecule has 0 saturated carbocycles. The number of hydrogen-bond donors (Lipinski definition) is 0. The van der Waals surface area contributed by atoms with Crippen molar-refractivity contribution in [1.29, 1.82) is 0 Å². The van der Waals surface area contributed by atoms with Crippen LogP contribution >= 0.6 is 0 Å². The van der Waals surface area contributed by atoms with Gasteiger partial charge in [0.2, 0.25) is 0 Å². The maximum absolute atomic E-state index is 12.3. The van der Waals surface area contributed by atoms with E-state index >= 15 is 0 Å². The van der Waals surface area contributed by atoms with Crippen LogP contribution in [-0.2, 0) is 9.47 Å². The van der Waals surface area contributed by atoms with Crippen LogP contribution in [0, 0.1) is 0 Å². The number of nitrogens with zero attached hydrogens (tertiary/aromatic N) is 1. The Morgan fingerprint density at radius 3 is 1.88 bits per heavy atom. The number of benzene rings is 1. The van der Waals surface area contributed by atoms with Crippen LogP contribution in [0.3, 0.4) is 0 Å². The molecule has 0 heterocycles. The first kappa shape index (κ1) is 20.5. The van der Waals surface area contributed by atoms with Gasteiger partial charge in [0.1, 0.15) is 11.2 Å². The first-order valence-electron chi connectivity index (χ1n) is 8.17. The van der Waals surface area contributed by atoms with Crippen molar-refractivity contribution < 1.29 is 19.1 Å². The van der Waals surface area contributed by atoms with Crippen molar-refractivity contribution in [3.63, 3.8) is 0 Å². The highest BCUT2D eigenvalue weighted by Crippen LogP contribution is 2.14. The summed E-state index contributed by atoms with van der Waals surface area (Å²) >= 11 is 0. The van der Waals surface area contributed by atoms with E-state index in [1.165, 1.54) is 0 Å². The van der Waals surface area contributed by atoms with Crippen molar-refractivity contribution in [2.24, 2.45) is 0 Å². The van der Waals surface area contributed by atoms with Gasteiger partial charge in [0.05, 0.1) is 6.54 Å². The van der Waals surface area contributed by atoms with Gasteiger partial charge in [-0.3, -0.25) is 0 Å². The number of rotatable bonds is 3. The molecule has 0 spiro atoms. The lowest BCUT2D eigenvalue weighted by atomic mass is 10.2. The van der Waals surface area contributed by atoms with Crippen LogP contribution in [0.25, 0.3) is 6.08 Å². The standard InChI is InChI=1S/C20H27NO4/c1-19(2,3)24-17(22)21(18(23)25-20(4,5)6)15-11-10-14-16-12-8-7-9-13-16/h7-9,11-14H,15H2,1-6H3. The van der Waals surface area contributed by atoms with Crippen LogP contribution in [0.5, 0.6) is 0 Å². The predicted molar refractivity (Wildman–Crippen MR) is 98.2 cm³/mol. The molecule has 1 aromatic rings. The molecule has 0 radical (unpaired) electrons. The molecule has 5 nitrogen and oxygen atoms in total. The van der Waals surface area contributed by atoms with Gasteiger partial charge >= 0.3 is 12.2 Å². The Morgan fingerprint density at radius 1 is 0.960 bits per heavy atom. The van der Waals surface area contributed by atoms with Gasteiger partial charge < -0.3 is 9.47 Å². The molecule has 0 aliphatic heterocycles. The van der Waals surface area contributed by atoms with Gasteiger partial charge in [-0.05, 0) is 59.3 Å². The molecule has 136 valence electrons. The molecule has 1 aromatic carbocycles. The second kappa shape index (κ2) is 8.54. The van der Waals surface area contributed by atoms with Gasteiger partial charge in [0.25, 0.3) is 0 Å². The lowest BCUT2D eigenvalue weighted by molar-refractivity contribution is 0.00375. The highest BCUT2D eigenvalue weighted by atomic mass is 16.6. The zero-order valence-corrected chi connectivity index (χ0v) is 15.8. The molecule has 0 aliphatic carbocycles. The second-order valence-electron chi connectivity index (χ2n) is 7.50. The summed E-state index contributed by atoms with van der Waals surface area (Å²) in [5, 5.41) is 0. The normalized spacial score (nSPS) is 11.1. The fourth-order valence-corrected chi connectivity index (χ4v) is 1.71. The summed E-state index contributed by atoms with van der Waals surface area (Å²) in [5.74, 6) is 0. The molecule has 1 rings (SSSR count). The second-order valence-corrected chi connectivity index (χ2v) is 7.50. The largest absolute Gasteiger partial charge is 0.443 e. The quantitative estimate of drug-likeness (QED) is 0.721. The maximum atomic E-state index is 12.3. The molecule has 0 unspecified atom stereocenters. The topological polar surface area (TPSA) is 55.8 Å². The van der Waals surface area contributed by atoms with Gasteiger partial charge in [0, 0.05) is 0 Å². The Balaban J connectivity index is 2.88. The van der Waals surface area contributed by atoms with E-state index in [0.29, 0.717) is 0 Å². The molecule has 5 heteroatoms. The molecule has 2 amide bonds. The Morgan fingerprint density at radius 2 is 1.44 bits per heavy atom. The monoisotopic (exact) mass is 345 g/mol. The smallest absolute Gasteiger partial charge is 0.420 e. The van der Waals surface area contributed by atoms with Gasteiger partial charge in [0.15, 0.2) is 0 Å². The summed E-state index contributed by atoms with van der Waals surface area (Å²) in [6, 6.07) is 9.62. The fourth-order valence-electron chi connectivity index (χ4n) is 1.71. The highest BCUT2D eigenvalue weighted by Gasteiger charge is 2.30. The number of amides is 2. The Bertz CT molecular complexity index is 617. The van der Waals surface area contributed by atoms with Gasteiger partial charge in [-0.15, -0.1) is 5.73 Å². The third-order valence-corrected chi connectivity index (χ3v) is 2.67. The van der Waals surface area contributed by atoms with Crippen molar-refractivity contribution in [3.05, 3.63) is 47.7 Å². The third kappa shape index (κ3) is 8.77. The molecule has 0 bridgehead atoms. The Hall–Kier alpha value is -2.52.